The molecule has 15 heavy (non-hydrogen) atoms. The fourth-order valence-electron chi connectivity index (χ4n) is 1.32. The lowest BCUT2D eigenvalue weighted by atomic mass is 10.4. The molecule has 8 heteroatoms. The third kappa shape index (κ3) is 1.83. The largest absolute Gasteiger partial charge is 0.538 e. The summed E-state index contributed by atoms with van der Waals surface area (Å²) in [5.74, 6) is -4.08. The van der Waals surface area contributed by atoms with E-state index >= 15 is 0 Å². The van der Waals surface area contributed by atoms with Gasteiger partial charge in [0.25, 0.3) is 5.92 Å². The highest BCUT2D eigenvalue weighted by Gasteiger charge is 2.57. The van der Waals surface area contributed by atoms with Crippen LogP contribution in [0.15, 0.2) is 6.33 Å². The van der Waals surface area contributed by atoms with E-state index in [0.717, 1.165) is 11.0 Å². The van der Waals surface area contributed by atoms with Crippen LogP contribution in [0.1, 0.15) is 17.0 Å². The first-order chi connectivity index (χ1) is 7.04. The number of alkyl halides is 2. The van der Waals surface area contributed by atoms with E-state index in [2.05, 4.69) is 14.7 Å². The first kappa shape index (κ1) is 10.1. The molecule has 1 unspecified atom stereocenters. The molecule has 2 rings (SSSR count). The van der Waals surface area contributed by atoms with Crippen LogP contribution in [0.3, 0.4) is 0 Å². The number of rotatable bonds is 3. The lowest BCUT2D eigenvalue weighted by Gasteiger charge is -2.03. The van der Waals surface area contributed by atoms with Crippen LogP contribution in [0.4, 0.5) is 8.78 Å². The normalized spacial score (nSPS) is 22.4. The van der Waals surface area contributed by atoms with Crippen molar-refractivity contribution in [1.82, 2.24) is 14.8 Å². The van der Waals surface area contributed by atoms with Gasteiger partial charge < -0.3 is 4.65 Å². The molecule has 1 aromatic rings. The average molecular weight is 215 g/mol. The molecule has 1 heterocycles. The van der Waals surface area contributed by atoms with Crippen LogP contribution in [0.5, 0.6) is 0 Å². The molecule has 1 aliphatic carbocycles. The zero-order valence-corrected chi connectivity index (χ0v) is 7.98. The van der Waals surface area contributed by atoms with Crippen molar-refractivity contribution in [1.29, 1.82) is 0 Å². The van der Waals surface area contributed by atoms with Crippen molar-refractivity contribution in [2.24, 2.45) is 5.92 Å². The number of carbonyl (C=O) groups excluding carboxylic acids is 1. The van der Waals surface area contributed by atoms with Crippen LogP contribution in [0.2, 0.25) is 0 Å². The SMILES string of the molecule is BOC(=O)c1ncnn1CC1CC1(F)F. The Balaban J connectivity index is 2.09. The zero-order chi connectivity index (χ0) is 11.1. The van der Waals surface area contributed by atoms with E-state index < -0.39 is 17.8 Å². The highest BCUT2D eigenvalue weighted by molar-refractivity contribution is 6.08. The summed E-state index contributed by atoms with van der Waals surface area (Å²) in [6.45, 7) is -0.00255. The van der Waals surface area contributed by atoms with Gasteiger partial charge in [-0.05, 0) is 0 Å². The highest BCUT2D eigenvalue weighted by atomic mass is 19.3. The fraction of sp³-hybridized carbons (Fsp3) is 0.571. The monoisotopic (exact) mass is 215 g/mol. The molecule has 0 spiro atoms. The predicted octanol–water partition coefficient (Wildman–Crippen LogP) is -0.362. The second-order valence-electron chi connectivity index (χ2n) is 3.42. The summed E-state index contributed by atoms with van der Waals surface area (Å²) in [5.41, 5.74) is 0. The topological polar surface area (TPSA) is 57.0 Å². The van der Waals surface area contributed by atoms with Crippen LogP contribution in [0.25, 0.3) is 0 Å². The molecule has 1 atom stereocenters. The average Bonchev–Trinajstić information content (AvgIpc) is 2.65. The minimum atomic E-state index is -2.63. The lowest BCUT2D eigenvalue weighted by Crippen LogP contribution is -2.16. The summed E-state index contributed by atoms with van der Waals surface area (Å²) in [5, 5.41) is 3.70. The Bertz CT molecular complexity index is 395. The number of carbonyl (C=O) groups is 1. The van der Waals surface area contributed by atoms with E-state index in [9.17, 15) is 13.6 Å². The third-order valence-corrected chi connectivity index (χ3v) is 2.33. The van der Waals surface area contributed by atoms with E-state index in [1.54, 1.807) is 0 Å². The van der Waals surface area contributed by atoms with Crippen LogP contribution in [-0.4, -0.2) is 34.7 Å². The van der Waals surface area contributed by atoms with Crippen LogP contribution >= 0.6 is 0 Å². The van der Waals surface area contributed by atoms with Crippen molar-refractivity contribution in [2.45, 2.75) is 18.9 Å². The second-order valence-corrected chi connectivity index (χ2v) is 3.42. The zero-order valence-electron chi connectivity index (χ0n) is 7.98. The summed E-state index contributed by atoms with van der Waals surface area (Å²) in [7, 11) is 1.20. The summed E-state index contributed by atoms with van der Waals surface area (Å²) in [4.78, 5) is 14.8. The molecule has 80 valence electrons. The minimum absolute atomic E-state index is 0.00255. The number of aromatic nitrogens is 3. The van der Waals surface area contributed by atoms with E-state index in [1.807, 2.05) is 0 Å². The Hall–Kier alpha value is -1.47. The molecule has 5 nitrogen and oxygen atoms in total. The predicted molar refractivity (Wildman–Crippen MR) is 47.0 cm³/mol. The smallest absolute Gasteiger partial charge is 0.358 e. The van der Waals surface area contributed by atoms with Crippen LogP contribution < -0.4 is 0 Å². The molecule has 1 fully saturated rings. The van der Waals surface area contributed by atoms with Gasteiger partial charge in [-0.15, -0.1) is 0 Å². The van der Waals surface area contributed by atoms with Crippen molar-refractivity contribution in [2.75, 3.05) is 0 Å². The van der Waals surface area contributed by atoms with Gasteiger partial charge in [-0.2, -0.15) is 5.10 Å². The Morgan fingerprint density at radius 2 is 2.47 bits per heavy atom. The number of nitrogens with zero attached hydrogens (tertiary/aromatic N) is 3. The molecule has 0 radical (unpaired) electrons. The van der Waals surface area contributed by atoms with E-state index in [-0.39, 0.29) is 18.8 Å². The van der Waals surface area contributed by atoms with Gasteiger partial charge in [0.2, 0.25) is 5.82 Å². The summed E-state index contributed by atoms with van der Waals surface area (Å²) < 4.78 is 30.8. The van der Waals surface area contributed by atoms with Gasteiger partial charge in [0.15, 0.2) is 0 Å². The first-order valence-electron chi connectivity index (χ1n) is 4.38. The number of hydrogen-bond acceptors (Lipinski definition) is 4. The van der Waals surface area contributed by atoms with Crippen molar-refractivity contribution in [3.63, 3.8) is 0 Å². The molecule has 0 aliphatic heterocycles. The quantitative estimate of drug-likeness (QED) is 0.646. The molecule has 1 saturated carbocycles. The highest BCUT2D eigenvalue weighted by Crippen LogP contribution is 2.49. The summed E-state index contributed by atoms with van der Waals surface area (Å²) in [6, 6.07) is 0. The molecule has 0 saturated heterocycles. The molecule has 0 amide bonds. The molecular weight excluding hydrogens is 207 g/mol. The Morgan fingerprint density at radius 1 is 1.80 bits per heavy atom. The van der Waals surface area contributed by atoms with Gasteiger partial charge in [-0.25, -0.2) is 23.2 Å². The summed E-state index contributed by atoms with van der Waals surface area (Å²) in [6.07, 6.45) is 0.986. The second kappa shape index (κ2) is 3.28. The molecule has 1 aliphatic rings. The van der Waals surface area contributed by atoms with E-state index in [1.165, 1.54) is 8.05 Å². The summed E-state index contributed by atoms with van der Waals surface area (Å²) >= 11 is 0. The van der Waals surface area contributed by atoms with Gasteiger partial charge in [0.05, 0.1) is 6.54 Å². The van der Waals surface area contributed by atoms with Gasteiger partial charge in [-0.1, -0.05) is 0 Å². The molecule has 0 bridgehead atoms. The third-order valence-electron chi connectivity index (χ3n) is 2.33. The Morgan fingerprint density at radius 3 is 3.00 bits per heavy atom. The van der Waals surface area contributed by atoms with Gasteiger partial charge in [0, 0.05) is 12.3 Å². The van der Waals surface area contributed by atoms with Crippen molar-refractivity contribution >= 4 is 14.0 Å². The maximum absolute atomic E-state index is 12.6. The molecular formula is C7H8BF2N3O2. The standard InChI is InChI=1S/C7H8BF2N3O2/c8-15-6(14)5-11-3-12-13(5)2-4-1-7(4,9)10/h3-4H,1-2,8H2. The first-order valence-corrected chi connectivity index (χ1v) is 4.38. The minimum Gasteiger partial charge on any atom is -0.538 e. The van der Waals surface area contributed by atoms with E-state index in [0.29, 0.717) is 0 Å². The van der Waals surface area contributed by atoms with Crippen molar-refractivity contribution in [3.05, 3.63) is 12.2 Å². The van der Waals surface area contributed by atoms with Crippen LogP contribution in [-0.2, 0) is 11.2 Å². The molecule has 1 aromatic heterocycles. The lowest BCUT2D eigenvalue weighted by molar-refractivity contribution is 0.0719. The molecule has 0 N–H and O–H groups in total. The fourth-order valence-corrected chi connectivity index (χ4v) is 1.32. The number of halogens is 2. The Kier molecular flexibility index (Phi) is 2.20. The van der Waals surface area contributed by atoms with Gasteiger partial charge >= 0.3 is 14.0 Å². The maximum atomic E-state index is 12.6. The Labute approximate surface area is 84.9 Å². The van der Waals surface area contributed by atoms with Crippen LogP contribution in [0, 0.1) is 5.92 Å². The maximum Gasteiger partial charge on any atom is 0.358 e. The van der Waals surface area contributed by atoms with Gasteiger partial charge in [0.1, 0.15) is 6.33 Å². The van der Waals surface area contributed by atoms with E-state index in [4.69, 9.17) is 0 Å². The van der Waals surface area contributed by atoms with Crippen molar-refractivity contribution in [3.8, 4) is 0 Å². The molecule has 0 aromatic carbocycles. The van der Waals surface area contributed by atoms with Crippen molar-refractivity contribution < 1.29 is 18.2 Å². The van der Waals surface area contributed by atoms with Gasteiger partial charge in [-0.3, -0.25) is 0 Å². The number of hydrogen-bond donors (Lipinski definition) is 0.